The Hall–Kier alpha value is -1.84. The van der Waals surface area contributed by atoms with Crippen LogP contribution in [-0.2, 0) is 9.53 Å². The van der Waals surface area contributed by atoms with Gasteiger partial charge in [0, 0.05) is 23.3 Å². The van der Waals surface area contributed by atoms with Crippen LogP contribution in [0.3, 0.4) is 0 Å². The number of hydrogen-bond acceptors (Lipinski definition) is 3. The van der Waals surface area contributed by atoms with E-state index in [1.165, 1.54) is 0 Å². The average Bonchev–Trinajstić information content (AvgIpc) is 2.65. The molecule has 1 unspecified atom stereocenters. The van der Waals surface area contributed by atoms with Crippen molar-refractivity contribution >= 4 is 17.4 Å². The summed E-state index contributed by atoms with van der Waals surface area (Å²) in [6.45, 7) is 2.27. The molecule has 72 valence electrons. The third-order valence-corrected chi connectivity index (χ3v) is 2.20. The molecule has 0 aliphatic heterocycles. The number of rotatable bonds is 3. The first kappa shape index (κ1) is 8.74. The molecule has 0 aliphatic carbocycles. The molecule has 2 heterocycles. The van der Waals surface area contributed by atoms with Gasteiger partial charge in [-0.15, -0.1) is 0 Å². The van der Waals surface area contributed by atoms with Crippen LogP contribution in [0.4, 0.5) is 0 Å². The number of aromatic amines is 1. The smallest absolute Gasteiger partial charge is 0.293 e. The molecular weight excluding hydrogens is 180 g/mol. The van der Waals surface area contributed by atoms with Gasteiger partial charge in [0.1, 0.15) is 6.10 Å². The highest BCUT2D eigenvalue weighted by atomic mass is 16.5. The SMILES string of the molecule is CC(OC=O)c1cncc2[nH]ccc12. The fourth-order valence-electron chi connectivity index (χ4n) is 1.48. The van der Waals surface area contributed by atoms with E-state index in [0.29, 0.717) is 6.47 Å². The van der Waals surface area contributed by atoms with Gasteiger partial charge in [-0.1, -0.05) is 0 Å². The van der Waals surface area contributed by atoms with E-state index in [9.17, 15) is 4.79 Å². The van der Waals surface area contributed by atoms with Crippen LogP contribution in [0.5, 0.6) is 0 Å². The molecule has 0 bridgehead atoms. The van der Waals surface area contributed by atoms with E-state index in [0.717, 1.165) is 16.5 Å². The van der Waals surface area contributed by atoms with Crippen LogP contribution in [0.15, 0.2) is 24.7 Å². The topological polar surface area (TPSA) is 55.0 Å². The summed E-state index contributed by atoms with van der Waals surface area (Å²) in [6.07, 6.45) is 5.03. The zero-order valence-electron chi connectivity index (χ0n) is 7.73. The summed E-state index contributed by atoms with van der Waals surface area (Å²) < 4.78 is 4.87. The minimum atomic E-state index is -0.264. The Bertz CT molecular complexity index is 450. The molecule has 2 aromatic heterocycles. The summed E-state index contributed by atoms with van der Waals surface area (Å²) in [7, 11) is 0. The number of carbonyl (C=O) groups is 1. The molecule has 4 nitrogen and oxygen atoms in total. The van der Waals surface area contributed by atoms with Gasteiger partial charge in [-0.2, -0.15) is 0 Å². The molecule has 14 heavy (non-hydrogen) atoms. The molecule has 1 N–H and O–H groups in total. The summed E-state index contributed by atoms with van der Waals surface area (Å²) in [4.78, 5) is 17.3. The number of ether oxygens (including phenoxy) is 1. The normalized spacial score (nSPS) is 12.6. The second-order valence-corrected chi connectivity index (χ2v) is 3.04. The zero-order valence-corrected chi connectivity index (χ0v) is 7.73. The Morgan fingerprint density at radius 3 is 3.21 bits per heavy atom. The second-order valence-electron chi connectivity index (χ2n) is 3.04. The fraction of sp³-hybridized carbons (Fsp3) is 0.200. The Morgan fingerprint density at radius 2 is 2.43 bits per heavy atom. The van der Waals surface area contributed by atoms with E-state index in [1.807, 2.05) is 19.2 Å². The lowest BCUT2D eigenvalue weighted by molar-refractivity contribution is -0.133. The van der Waals surface area contributed by atoms with Gasteiger partial charge < -0.3 is 9.72 Å². The van der Waals surface area contributed by atoms with Crippen molar-refractivity contribution in [1.29, 1.82) is 0 Å². The van der Waals surface area contributed by atoms with E-state index in [-0.39, 0.29) is 6.10 Å². The Labute approximate surface area is 80.9 Å². The fourth-order valence-corrected chi connectivity index (χ4v) is 1.48. The highest BCUT2D eigenvalue weighted by molar-refractivity contribution is 5.82. The lowest BCUT2D eigenvalue weighted by Gasteiger charge is -2.09. The minimum absolute atomic E-state index is 0.264. The first-order valence-electron chi connectivity index (χ1n) is 4.33. The Kier molecular flexibility index (Phi) is 2.18. The lowest BCUT2D eigenvalue weighted by Crippen LogP contribution is -1.99. The number of nitrogens with one attached hydrogen (secondary N) is 1. The molecule has 0 radical (unpaired) electrons. The van der Waals surface area contributed by atoms with Crippen LogP contribution in [-0.4, -0.2) is 16.4 Å². The van der Waals surface area contributed by atoms with E-state index in [1.54, 1.807) is 12.4 Å². The van der Waals surface area contributed by atoms with E-state index >= 15 is 0 Å². The van der Waals surface area contributed by atoms with Crippen molar-refractivity contribution in [2.45, 2.75) is 13.0 Å². The number of fused-ring (bicyclic) bond motifs is 1. The number of H-pyrrole nitrogens is 1. The molecule has 0 aromatic carbocycles. The third kappa shape index (κ3) is 1.35. The summed E-state index contributed by atoms with van der Waals surface area (Å²) in [5.41, 5.74) is 1.86. The van der Waals surface area contributed by atoms with Crippen molar-refractivity contribution in [2.75, 3.05) is 0 Å². The van der Waals surface area contributed by atoms with E-state index < -0.39 is 0 Å². The maximum atomic E-state index is 10.2. The van der Waals surface area contributed by atoms with Gasteiger partial charge in [0.05, 0.1) is 11.7 Å². The van der Waals surface area contributed by atoms with Crippen molar-refractivity contribution in [3.8, 4) is 0 Å². The highest BCUT2D eigenvalue weighted by Crippen LogP contribution is 2.23. The van der Waals surface area contributed by atoms with Crippen LogP contribution in [0.2, 0.25) is 0 Å². The first-order chi connectivity index (χ1) is 6.83. The van der Waals surface area contributed by atoms with Crippen molar-refractivity contribution in [3.05, 3.63) is 30.2 Å². The molecule has 0 amide bonds. The lowest BCUT2D eigenvalue weighted by atomic mass is 10.1. The van der Waals surface area contributed by atoms with Crippen LogP contribution < -0.4 is 0 Å². The van der Waals surface area contributed by atoms with Crippen LogP contribution in [0, 0.1) is 0 Å². The summed E-state index contributed by atoms with van der Waals surface area (Å²) in [5.74, 6) is 0. The van der Waals surface area contributed by atoms with Gasteiger partial charge in [0.25, 0.3) is 6.47 Å². The first-order valence-corrected chi connectivity index (χ1v) is 4.33. The largest absolute Gasteiger partial charge is 0.460 e. The zero-order chi connectivity index (χ0) is 9.97. The summed E-state index contributed by atoms with van der Waals surface area (Å²) in [5, 5.41) is 1.04. The van der Waals surface area contributed by atoms with Gasteiger partial charge in [0.2, 0.25) is 0 Å². The van der Waals surface area contributed by atoms with Gasteiger partial charge >= 0.3 is 0 Å². The molecule has 0 saturated heterocycles. The summed E-state index contributed by atoms with van der Waals surface area (Å²) in [6, 6.07) is 1.94. The monoisotopic (exact) mass is 190 g/mol. The molecule has 1 atom stereocenters. The molecule has 2 aromatic rings. The number of aromatic nitrogens is 2. The van der Waals surface area contributed by atoms with E-state index in [4.69, 9.17) is 4.74 Å². The van der Waals surface area contributed by atoms with Crippen molar-refractivity contribution in [3.63, 3.8) is 0 Å². The molecule has 2 rings (SSSR count). The number of pyridine rings is 1. The standard InChI is InChI=1S/C10H10N2O2/c1-7(14-6-13)9-4-11-5-10-8(9)2-3-12-10/h2-7,12H,1H3. The predicted octanol–water partition coefficient (Wildman–Crippen LogP) is 1.80. The average molecular weight is 190 g/mol. The van der Waals surface area contributed by atoms with Gasteiger partial charge in [-0.05, 0) is 13.0 Å². The van der Waals surface area contributed by atoms with E-state index in [2.05, 4.69) is 9.97 Å². The van der Waals surface area contributed by atoms with Crippen molar-refractivity contribution < 1.29 is 9.53 Å². The minimum Gasteiger partial charge on any atom is -0.460 e. The number of carbonyl (C=O) groups excluding carboxylic acids is 1. The summed E-state index contributed by atoms with van der Waals surface area (Å²) >= 11 is 0. The Balaban J connectivity index is 2.50. The van der Waals surface area contributed by atoms with Gasteiger partial charge in [0.15, 0.2) is 0 Å². The van der Waals surface area contributed by atoms with Crippen LogP contribution >= 0.6 is 0 Å². The maximum Gasteiger partial charge on any atom is 0.293 e. The number of hydrogen-bond donors (Lipinski definition) is 1. The molecule has 4 heteroatoms. The Morgan fingerprint density at radius 1 is 1.57 bits per heavy atom. The molecule has 0 fully saturated rings. The maximum absolute atomic E-state index is 10.2. The van der Waals surface area contributed by atoms with Crippen molar-refractivity contribution in [2.24, 2.45) is 0 Å². The third-order valence-electron chi connectivity index (χ3n) is 2.20. The van der Waals surface area contributed by atoms with Crippen molar-refractivity contribution in [1.82, 2.24) is 9.97 Å². The van der Waals surface area contributed by atoms with Gasteiger partial charge in [-0.25, -0.2) is 0 Å². The van der Waals surface area contributed by atoms with Gasteiger partial charge in [-0.3, -0.25) is 9.78 Å². The highest BCUT2D eigenvalue weighted by Gasteiger charge is 2.10. The van der Waals surface area contributed by atoms with Crippen LogP contribution in [0.1, 0.15) is 18.6 Å². The quantitative estimate of drug-likeness (QED) is 0.751. The molecule has 0 aliphatic rings. The second kappa shape index (κ2) is 3.49. The number of nitrogens with zero attached hydrogens (tertiary/aromatic N) is 1. The molecular formula is C10H10N2O2. The predicted molar refractivity (Wildman–Crippen MR) is 51.7 cm³/mol. The van der Waals surface area contributed by atoms with Crippen LogP contribution in [0.25, 0.3) is 10.9 Å². The molecule has 0 spiro atoms. The molecule has 0 saturated carbocycles.